The normalized spacial score (nSPS) is 22.7. The van der Waals surface area contributed by atoms with Crippen LogP contribution in [-0.4, -0.2) is 36.9 Å². The molecule has 1 aromatic carbocycles. The van der Waals surface area contributed by atoms with Crippen LogP contribution < -0.4 is 0 Å². The molecule has 0 unspecified atom stereocenters. The first kappa shape index (κ1) is 18.1. The zero-order chi connectivity index (χ0) is 19.8. The van der Waals surface area contributed by atoms with Gasteiger partial charge in [-0.05, 0) is 61.8 Å². The van der Waals surface area contributed by atoms with Crippen molar-refractivity contribution in [1.29, 1.82) is 0 Å². The summed E-state index contributed by atoms with van der Waals surface area (Å²) in [6.07, 6.45) is 10.8. The number of aliphatic hydroxyl groups excluding tert-OH is 1. The van der Waals surface area contributed by atoms with Crippen LogP contribution in [0, 0.1) is 0 Å². The fraction of sp³-hybridized carbons (Fsp3) is 0.348. The molecule has 6 nitrogen and oxygen atoms in total. The summed E-state index contributed by atoms with van der Waals surface area (Å²) in [5, 5.41) is 27.7. The Morgan fingerprint density at radius 2 is 1.86 bits per heavy atom. The van der Waals surface area contributed by atoms with Gasteiger partial charge in [0.05, 0.1) is 17.9 Å². The maximum absolute atomic E-state index is 10.1. The van der Waals surface area contributed by atoms with E-state index in [0.717, 1.165) is 72.2 Å². The topological polar surface area (TPSA) is 83.5 Å². The SMILES string of the molecule is O/N=C1/CCc2cc(-c3cn([C@@H]4CCC[C@H](O)C4)nc3-c3ccncc3)ccc21. The lowest BCUT2D eigenvalue weighted by Crippen LogP contribution is -2.22. The number of nitrogens with zero attached hydrogens (tertiary/aromatic N) is 4. The summed E-state index contributed by atoms with van der Waals surface area (Å²) < 4.78 is 2.04. The van der Waals surface area contributed by atoms with E-state index in [-0.39, 0.29) is 12.1 Å². The quantitative estimate of drug-likeness (QED) is 0.520. The lowest BCUT2D eigenvalue weighted by atomic mass is 9.93. The third-order valence-corrected chi connectivity index (χ3v) is 6.16. The first-order valence-corrected chi connectivity index (χ1v) is 10.2. The zero-order valence-corrected chi connectivity index (χ0v) is 16.2. The van der Waals surface area contributed by atoms with Crippen molar-refractivity contribution < 1.29 is 10.3 Å². The molecular weight excluding hydrogens is 364 g/mol. The Morgan fingerprint density at radius 3 is 2.66 bits per heavy atom. The Labute approximate surface area is 169 Å². The number of benzene rings is 1. The number of aliphatic hydroxyl groups is 1. The molecule has 5 rings (SSSR count). The summed E-state index contributed by atoms with van der Waals surface area (Å²) in [6.45, 7) is 0. The van der Waals surface area contributed by atoms with Gasteiger partial charge in [-0.2, -0.15) is 5.10 Å². The van der Waals surface area contributed by atoms with Crippen molar-refractivity contribution >= 4 is 5.71 Å². The highest BCUT2D eigenvalue weighted by molar-refractivity contribution is 6.04. The average molecular weight is 388 g/mol. The van der Waals surface area contributed by atoms with E-state index in [2.05, 4.69) is 28.5 Å². The summed E-state index contributed by atoms with van der Waals surface area (Å²) in [6, 6.07) is 10.5. The molecule has 0 spiro atoms. The molecule has 2 aliphatic carbocycles. The van der Waals surface area contributed by atoms with Crippen molar-refractivity contribution in [2.45, 2.75) is 50.7 Å². The number of hydrogen-bond acceptors (Lipinski definition) is 5. The molecule has 2 atom stereocenters. The van der Waals surface area contributed by atoms with Crippen LogP contribution in [0.2, 0.25) is 0 Å². The van der Waals surface area contributed by atoms with Gasteiger partial charge in [0, 0.05) is 35.3 Å². The van der Waals surface area contributed by atoms with Crippen molar-refractivity contribution in [1.82, 2.24) is 14.8 Å². The van der Waals surface area contributed by atoms with E-state index in [1.807, 2.05) is 22.9 Å². The van der Waals surface area contributed by atoms with Crippen molar-refractivity contribution in [3.8, 4) is 22.4 Å². The minimum absolute atomic E-state index is 0.218. The molecule has 2 aromatic heterocycles. The van der Waals surface area contributed by atoms with Crippen molar-refractivity contribution in [2.24, 2.45) is 5.16 Å². The van der Waals surface area contributed by atoms with Crippen molar-refractivity contribution in [3.63, 3.8) is 0 Å². The van der Waals surface area contributed by atoms with Crippen LogP contribution in [0.15, 0.2) is 54.1 Å². The minimum Gasteiger partial charge on any atom is -0.411 e. The number of aryl methyl sites for hydroxylation is 1. The number of oxime groups is 1. The Kier molecular flexibility index (Phi) is 4.64. The van der Waals surface area contributed by atoms with Gasteiger partial charge >= 0.3 is 0 Å². The van der Waals surface area contributed by atoms with E-state index in [0.29, 0.717) is 0 Å². The summed E-state index contributed by atoms with van der Waals surface area (Å²) in [5.41, 5.74) is 7.14. The number of fused-ring (bicyclic) bond motifs is 1. The maximum atomic E-state index is 10.1. The van der Waals surface area contributed by atoms with Crippen molar-refractivity contribution in [2.75, 3.05) is 0 Å². The molecule has 2 heterocycles. The van der Waals surface area contributed by atoms with Gasteiger partial charge in [-0.3, -0.25) is 9.67 Å². The van der Waals surface area contributed by atoms with Gasteiger partial charge in [-0.15, -0.1) is 0 Å². The van der Waals surface area contributed by atoms with Gasteiger partial charge < -0.3 is 10.3 Å². The van der Waals surface area contributed by atoms with E-state index in [9.17, 15) is 10.3 Å². The number of pyridine rings is 1. The molecule has 29 heavy (non-hydrogen) atoms. The third-order valence-electron chi connectivity index (χ3n) is 6.16. The second kappa shape index (κ2) is 7.44. The van der Waals surface area contributed by atoms with Crippen LogP contribution in [0.1, 0.15) is 49.3 Å². The number of hydrogen-bond donors (Lipinski definition) is 2. The molecule has 6 heteroatoms. The summed E-state index contributed by atoms with van der Waals surface area (Å²) in [5.74, 6) is 0. The molecular formula is C23H24N4O2. The van der Waals surface area contributed by atoms with Crippen LogP contribution in [0.4, 0.5) is 0 Å². The van der Waals surface area contributed by atoms with E-state index < -0.39 is 0 Å². The van der Waals surface area contributed by atoms with E-state index in [4.69, 9.17) is 5.10 Å². The lowest BCUT2D eigenvalue weighted by molar-refractivity contribution is 0.100. The average Bonchev–Trinajstić information content (AvgIpc) is 3.38. The molecule has 0 radical (unpaired) electrons. The second-order valence-electron chi connectivity index (χ2n) is 8.00. The molecule has 3 aromatic rings. The highest BCUT2D eigenvalue weighted by atomic mass is 16.4. The van der Waals surface area contributed by atoms with Gasteiger partial charge in [-0.25, -0.2) is 0 Å². The number of rotatable bonds is 3. The zero-order valence-electron chi connectivity index (χ0n) is 16.2. The number of aromatic nitrogens is 3. The van der Waals surface area contributed by atoms with E-state index in [1.54, 1.807) is 12.4 Å². The summed E-state index contributed by atoms with van der Waals surface area (Å²) >= 11 is 0. The molecule has 1 saturated carbocycles. The first-order chi connectivity index (χ1) is 14.2. The largest absolute Gasteiger partial charge is 0.411 e. The Morgan fingerprint density at radius 1 is 1.00 bits per heavy atom. The van der Waals surface area contributed by atoms with Crippen LogP contribution >= 0.6 is 0 Å². The van der Waals surface area contributed by atoms with Crippen LogP contribution in [0.25, 0.3) is 22.4 Å². The summed E-state index contributed by atoms with van der Waals surface area (Å²) in [7, 11) is 0. The maximum Gasteiger partial charge on any atom is 0.100 e. The van der Waals surface area contributed by atoms with Crippen LogP contribution in [0.3, 0.4) is 0 Å². The van der Waals surface area contributed by atoms with Gasteiger partial charge in [-0.1, -0.05) is 23.4 Å². The van der Waals surface area contributed by atoms with E-state index in [1.165, 1.54) is 5.56 Å². The van der Waals surface area contributed by atoms with E-state index >= 15 is 0 Å². The van der Waals surface area contributed by atoms with Gasteiger partial charge in [0.15, 0.2) is 0 Å². The Bertz CT molecular complexity index is 1060. The fourth-order valence-corrected chi connectivity index (χ4v) is 4.63. The Hall–Kier alpha value is -2.99. The minimum atomic E-state index is -0.248. The van der Waals surface area contributed by atoms with Crippen LogP contribution in [-0.2, 0) is 6.42 Å². The molecule has 0 saturated heterocycles. The highest BCUT2D eigenvalue weighted by Crippen LogP contribution is 2.37. The first-order valence-electron chi connectivity index (χ1n) is 10.2. The van der Waals surface area contributed by atoms with Gasteiger partial charge in [0.1, 0.15) is 5.69 Å². The van der Waals surface area contributed by atoms with Gasteiger partial charge in [0.2, 0.25) is 0 Å². The molecule has 1 fully saturated rings. The molecule has 2 N–H and O–H groups in total. The van der Waals surface area contributed by atoms with Gasteiger partial charge in [0.25, 0.3) is 0 Å². The Balaban J connectivity index is 1.60. The smallest absolute Gasteiger partial charge is 0.100 e. The monoisotopic (exact) mass is 388 g/mol. The standard InChI is InChI=1S/C23H24N4O2/c28-19-3-1-2-18(13-19)27-14-21(23(25-27)15-8-10-24-11-9-15)17-4-6-20-16(12-17)5-7-22(20)26-29/h4,6,8-12,14,18-19,28-29H,1-3,5,7,13H2/b26-22-/t18-,19+/m1/s1. The lowest BCUT2D eigenvalue weighted by Gasteiger charge is -2.26. The van der Waals surface area contributed by atoms with Crippen molar-refractivity contribution in [3.05, 3.63) is 60.0 Å². The molecule has 148 valence electrons. The van der Waals surface area contributed by atoms with Crippen LogP contribution in [0.5, 0.6) is 0 Å². The molecule has 0 aliphatic heterocycles. The third kappa shape index (κ3) is 3.34. The fourth-order valence-electron chi connectivity index (χ4n) is 4.63. The molecule has 2 aliphatic rings. The molecule has 0 amide bonds. The highest BCUT2D eigenvalue weighted by Gasteiger charge is 2.25. The second-order valence-corrected chi connectivity index (χ2v) is 8.00. The molecule has 0 bridgehead atoms. The predicted molar refractivity (Wildman–Crippen MR) is 111 cm³/mol. The summed E-state index contributed by atoms with van der Waals surface area (Å²) in [4.78, 5) is 4.14. The predicted octanol–water partition coefficient (Wildman–Crippen LogP) is 4.21.